The van der Waals surface area contributed by atoms with Crippen molar-refractivity contribution in [1.82, 2.24) is 0 Å². The third-order valence-electron chi connectivity index (χ3n) is 2.09. The summed E-state index contributed by atoms with van der Waals surface area (Å²) in [5.41, 5.74) is 0.810. The van der Waals surface area contributed by atoms with Gasteiger partial charge in [0.15, 0.2) is 11.6 Å². The summed E-state index contributed by atoms with van der Waals surface area (Å²) in [7, 11) is 0. The van der Waals surface area contributed by atoms with E-state index in [0.29, 0.717) is 0 Å². The predicted molar refractivity (Wildman–Crippen MR) is 56.3 cm³/mol. The molecule has 0 bridgehead atoms. The first-order valence-electron chi connectivity index (χ1n) is 4.91. The van der Waals surface area contributed by atoms with Crippen LogP contribution in [0.4, 0.5) is 8.78 Å². The number of rotatable bonds is 2. The van der Waals surface area contributed by atoms with Gasteiger partial charge in [-0.2, -0.15) is 0 Å². The maximum absolute atomic E-state index is 13.2. The fourth-order valence-electron chi connectivity index (χ4n) is 1.24. The van der Waals surface area contributed by atoms with Crippen LogP contribution >= 0.6 is 0 Å². The van der Waals surface area contributed by atoms with Gasteiger partial charge in [-0.25, -0.2) is 8.78 Å². The summed E-state index contributed by atoms with van der Waals surface area (Å²) in [5, 5.41) is 0. The van der Waals surface area contributed by atoms with Gasteiger partial charge in [-0.1, -0.05) is 26.8 Å². The standard InChI is InChI=1S/C12H16F2O/c1-8(13)15-11-7-9(12(2,3)4)5-6-10(11)14/h5-8H,1-4H3. The zero-order valence-electron chi connectivity index (χ0n) is 9.47. The molecule has 1 atom stereocenters. The normalized spacial score (nSPS) is 13.7. The Balaban J connectivity index is 3.06. The molecule has 0 fully saturated rings. The molecule has 15 heavy (non-hydrogen) atoms. The molecule has 1 aromatic rings. The van der Waals surface area contributed by atoms with Crippen LogP contribution in [0.1, 0.15) is 33.3 Å². The Morgan fingerprint density at radius 1 is 1.27 bits per heavy atom. The molecule has 0 saturated heterocycles. The first kappa shape index (κ1) is 12.0. The molecule has 0 amide bonds. The summed E-state index contributed by atoms with van der Waals surface area (Å²) < 4.78 is 30.6. The van der Waals surface area contributed by atoms with Crippen LogP contribution in [0.5, 0.6) is 5.75 Å². The van der Waals surface area contributed by atoms with Gasteiger partial charge in [-0.05, 0) is 23.1 Å². The van der Waals surface area contributed by atoms with Gasteiger partial charge in [0, 0.05) is 6.92 Å². The second kappa shape index (κ2) is 4.17. The van der Waals surface area contributed by atoms with Crippen molar-refractivity contribution in [3.8, 4) is 5.75 Å². The molecule has 0 aromatic heterocycles. The molecule has 1 aromatic carbocycles. The van der Waals surface area contributed by atoms with Crippen LogP contribution in [-0.2, 0) is 5.41 Å². The van der Waals surface area contributed by atoms with E-state index in [1.807, 2.05) is 20.8 Å². The first-order valence-corrected chi connectivity index (χ1v) is 4.91. The number of hydrogen-bond acceptors (Lipinski definition) is 1. The summed E-state index contributed by atoms with van der Waals surface area (Å²) in [5.74, 6) is -0.565. The van der Waals surface area contributed by atoms with Crippen LogP contribution in [0.15, 0.2) is 18.2 Å². The first-order chi connectivity index (χ1) is 6.80. The lowest BCUT2D eigenvalue weighted by atomic mass is 9.87. The highest BCUT2D eigenvalue weighted by atomic mass is 19.1. The SMILES string of the molecule is CC(F)Oc1cc(C(C)(C)C)ccc1F. The van der Waals surface area contributed by atoms with Gasteiger partial charge < -0.3 is 4.74 Å². The lowest BCUT2D eigenvalue weighted by molar-refractivity contribution is 0.0812. The quantitative estimate of drug-likeness (QED) is 0.727. The number of halogens is 2. The van der Waals surface area contributed by atoms with E-state index in [0.717, 1.165) is 5.56 Å². The predicted octanol–water partition coefficient (Wildman–Crippen LogP) is 3.82. The summed E-state index contributed by atoms with van der Waals surface area (Å²) in [6.45, 7) is 7.23. The van der Waals surface area contributed by atoms with E-state index in [-0.39, 0.29) is 11.2 Å². The van der Waals surface area contributed by atoms with Crippen molar-refractivity contribution in [3.05, 3.63) is 29.6 Å². The molecule has 0 aliphatic heterocycles. The lowest BCUT2D eigenvalue weighted by Crippen LogP contribution is -2.12. The Morgan fingerprint density at radius 2 is 1.87 bits per heavy atom. The molecular formula is C12H16F2O. The van der Waals surface area contributed by atoms with Crippen molar-refractivity contribution < 1.29 is 13.5 Å². The van der Waals surface area contributed by atoms with Gasteiger partial charge in [0.05, 0.1) is 0 Å². The number of benzene rings is 1. The van der Waals surface area contributed by atoms with Crippen molar-refractivity contribution >= 4 is 0 Å². The molecule has 0 aliphatic rings. The molecule has 84 valence electrons. The molecule has 1 nitrogen and oxygen atoms in total. The molecule has 0 spiro atoms. The van der Waals surface area contributed by atoms with Gasteiger partial charge in [-0.3, -0.25) is 0 Å². The fraction of sp³-hybridized carbons (Fsp3) is 0.500. The summed E-state index contributed by atoms with van der Waals surface area (Å²) in [6, 6.07) is 4.54. The van der Waals surface area contributed by atoms with Crippen LogP contribution in [0.2, 0.25) is 0 Å². The maximum atomic E-state index is 13.2. The zero-order valence-corrected chi connectivity index (χ0v) is 9.47. The van der Waals surface area contributed by atoms with Crippen LogP contribution in [-0.4, -0.2) is 6.36 Å². The van der Waals surface area contributed by atoms with Crippen LogP contribution in [0.3, 0.4) is 0 Å². The van der Waals surface area contributed by atoms with Crippen LogP contribution in [0, 0.1) is 5.82 Å². The van der Waals surface area contributed by atoms with E-state index in [9.17, 15) is 8.78 Å². The van der Waals surface area contributed by atoms with E-state index >= 15 is 0 Å². The number of alkyl halides is 1. The van der Waals surface area contributed by atoms with Gasteiger partial charge in [0.1, 0.15) is 0 Å². The fourth-order valence-corrected chi connectivity index (χ4v) is 1.24. The Hall–Kier alpha value is -1.12. The zero-order chi connectivity index (χ0) is 11.6. The third kappa shape index (κ3) is 3.18. The molecule has 0 heterocycles. The molecule has 0 saturated carbocycles. The molecule has 0 radical (unpaired) electrons. The number of ether oxygens (including phenoxy) is 1. The van der Waals surface area contributed by atoms with E-state index in [4.69, 9.17) is 4.74 Å². The number of hydrogen-bond donors (Lipinski definition) is 0. The largest absolute Gasteiger partial charge is 0.458 e. The second-order valence-electron chi connectivity index (χ2n) is 4.56. The minimum atomic E-state index is -1.50. The molecule has 1 rings (SSSR count). The molecule has 0 aliphatic carbocycles. The van der Waals surface area contributed by atoms with Crippen molar-refractivity contribution in [1.29, 1.82) is 0 Å². The topological polar surface area (TPSA) is 9.23 Å². The smallest absolute Gasteiger partial charge is 0.235 e. The molecule has 0 N–H and O–H groups in total. The van der Waals surface area contributed by atoms with Gasteiger partial charge in [-0.15, -0.1) is 0 Å². The summed E-state index contributed by atoms with van der Waals surface area (Å²) in [6.07, 6.45) is -1.50. The van der Waals surface area contributed by atoms with Gasteiger partial charge >= 0.3 is 0 Å². The highest BCUT2D eigenvalue weighted by Crippen LogP contribution is 2.28. The monoisotopic (exact) mass is 214 g/mol. The summed E-state index contributed by atoms with van der Waals surface area (Å²) in [4.78, 5) is 0. The van der Waals surface area contributed by atoms with E-state index in [1.165, 1.54) is 13.0 Å². The van der Waals surface area contributed by atoms with Gasteiger partial charge in [0.25, 0.3) is 0 Å². The molecular weight excluding hydrogens is 198 g/mol. The Kier molecular flexibility index (Phi) is 3.32. The highest BCUT2D eigenvalue weighted by Gasteiger charge is 2.17. The van der Waals surface area contributed by atoms with Crippen molar-refractivity contribution in [2.24, 2.45) is 0 Å². The highest BCUT2D eigenvalue weighted by molar-refractivity contribution is 5.34. The average molecular weight is 214 g/mol. The van der Waals surface area contributed by atoms with E-state index < -0.39 is 12.2 Å². The Labute approximate surface area is 89.1 Å². The Morgan fingerprint density at radius 3 is 2.33 bits per heavy atom. The maximum Gasteiger partial charge on any atom is 0.235 e. The van der Waals surface area contributed by atoms with E-state index in [2.05, 4.69) is 0 Å². The summed E-state index contributed by atoms with van der Waals surface area (Å²) >= 11 is 0. The minimum absolute atomic E-state index is 0.0302. The minimum Gasteiger partial charge on any atom is -0.458 e. The van der Waals surface area contributed by atoms with Crippen molar-refractivity contribution in [2.45, 2.75) is 39.5 Å². The van der Waals surface area contributed by atoms with Crippen LogP contribution in [0.25, 0.3) is 0 Å². The van der Waals surface area contributed by atoms with Crippen LogP contribution < -0.4 is 4.74 Å². The third-order valence-corrected chi connectivity index (χ3v) is 2.09. The Bertz CT molecular complexity index is 340. The molecule has 1 unspecified atom stereocenters. The second-order valence-corrected chi connectivity index (χ2v) is 4.56. The van der Waals surface area contributed by atoms with Gasteiger partial charge in [0.2, 0.25) is 6.36 Å². The van der Waals surface area contributed by atoms with Crippen molar-refractivity contribution in [3.63, 3.8) is 0 Å². The van der Waals surface area contributed by atoms with E-state index in [1.54, 1.807) is 12.1 Å². The average Bonchev–Trinajstić information content (AvgIpc) is 2.06. The lowest BCUT2D eigenvalue weighted by Gasteiger charge is -2.20. The molecule has 3 heteroatoms. The van der Waals surface area contributed by atoms with Crippen molar-refractivity contribution in [2.75, 3.05) is 0 Å².